The van der Waals surface area contributed by atoms with E-state index in [9.17, 15) is 9.59 Å². The van der Waals surface area contributed by atoms with E-state index in [0.29, 0.717) is 17.7 Å². The predicted molar refractivity (Wildman–Crippen MR) is 178 cm³/mol. The number of nitrogens with one attached hydrogen (secondary N) is 1. The topological polar surface area (TPSA) is 60.3 Å². The maximum Gasteiger partial charge on any atom is 0.339 e. The molecule has 4 aromatic carbocycles. The number of benzene rings is 4. The van der Waals surface area contributed by atoms with Crippen molar-refractivity contribution < 1.29 is 14.3 Å². The Morgan fingerprint density at radius 1 is 0.907 bits per heavy atom. The Balaban J connectivity index is 1.36. The first-order valence-corrected chi connectivity index (χ1v) is 15.3. The number of carbonyl (C=O) groups excluding carboxylic acids is 2. The molecular formula is C37H37BrN2O3. The summed E-state index contributed by atoms with van der Waals surface area (Å²) >= 11 is 3.46. The number of esters is 1. The van der Waals surface area contributed by atoms with Crippen molar-refractivity contribution in [3.8, 4) is 11.1 Å². The Hall–Kier alpha value is -4.16. The number of fused-ring (bicyclic) bond motifs is 1. The second-order valence-electron chi connectivity index (χ2n) is 12.0. The van der Waals surface area contributed by atoms with Gasteiger partial charge in [0, 0.05) is 33.2 Å². The third kappa shape index (κ3) is 6.75. The van der Waals surface area contributed by atoms with E-state index in [1.807, 2.05) is 94.4 Å². The molecule has 1 amide bonds. The van der Waals surface area contributed by atoms with Gasteiger partial charge in [-0.2, -0.15) is 0 Å². The number of ether oxygens (including phenoxy) is 1. The van der Waals surface area contributed by atoms with E-state index >= 15 is 0 Å². The van der Waals surface area contributed by atoms with Gasteiger partial charge in [-0.25, -0.2) is 4.79 Å². The summed E-state index contributed by atoms with van der Waals surface area (Å²) in [6, 6.07) is 29.7. The van der Waals surface area contributed by atoms with E-state index in [1.54, 1.807) is 0 Å². The molecule has 0 saturated carbocycles. The lowest BCUT2D eigenvalue weighted by molar-refractivity contribution is 0.00703. The van der Waals surface area contributed by atoms with Crippen LogP contribution in [-0.4, -0.2) is 22.0 Å². The van der Waals surface area contributed by atoms with Crippen LogP contribution in [0.5, 0.6) is 0 Å². The molecule has 1 N–H and O–H groups in total. The van der Waals surface area contributed by atoms with Crippen LogP contribution in [0, 0.1) is 13.8 Å². The van der Waals surface area contributed by atoms with E-state index in [4.69, 9.17) is 4.74 Å². The zero-order chi connectivity index (χ0) is 30.9. The molecule has 0 saturated heterocycles. The molecule has 0 fully saturated rings. The number of rotatable bonds is 7. The summed E-state index contributed by atoms with van der Waals surface area (Å²) in [5.41, 5.74) is 8.05. The maximum atomic E-state index is 13.2. The highest BCUT2D eigenvalue weighted by atomic mass is 79.9. The molecule has 1 unspecified atom stereocenters. The molecule has 1 heterocycles. The molecule has 43 heavy (non-hydrogen) atoms. The summed E-state index contributed by atoms with van der Waals surface area (Å²) in [6.07, 6.45) is 0. The third-order valence-corrected chi connectivity index (χ3v) is 8.30. The average Bonchev–Trinajstić information content (AvgIpc) is 3.21. The number of aromatic nitrogens is 1. The first kappa shape index (κ1) is 30.3. The molecule has 5 rings (SSSR count). The summed E-state index contributed by atoms with van der Waals surface area (Å²) < 4.78 is 8.94. The first-order chi connectivity index (χ1) is 20.4. The lowest BCUT2D eigenvalue weighted by atomic mass is 9.98. The number of nitrogens with zero attached hydrogens (tertiary/aromatic N) is 1. The molecule has 0 bridgehead atoms. The zero-order valence-corrected chi connectivity index (χ0v) is 27.1. The van der Waals surface area contributed by atoms with Crippen molar-refractivity contribution in [3.05, 3.63) is 129 Å². The Morgan fingerprint density at radius 3 is 2.26 bits per heavy atom. The van der Waals surface area contributed by atoms with E-state index in [0.717, 1.165) is 48.9 Å². The van der Waals surface area contributed by atoms with Crippen molar-refractivity contribution in [1.29, 1.82) is 0 Å². The second-order valence-corrected chi connectivity index (χ2v) is 12.9. The number of aryl methyl sites for hydroxylation is 1. The van der Waals surface area contributed by atoms with Gasteiger partial charge in [0.05, 0.1) is 11.6 Å². The number of carbonyl (C=O) groups is 2. The van der Waals surface area contributed by atoms with Gasteiger partial charge in [0.25, 0.3) is 5.91 Å². The van der Waals surface area contributed by atoms with Crippen molar-refractivity contribution >= 4 is 38.7 Å². The number of amides is 1. The molecule has 0 aliphatic rings. The van der Waals surface area contributed by atoms with Gasteiger partial charge in [-0.15, -0.1) is 0 Å². The lowest BCUT2D eigenvalue weighted by Gasteiger charge is -2.20. The molecule has 1 aromatic heterocycles. The fraction of sp³-hybridized carbons (Fsp3) is 0.243. The molecule has 5 nitrogen and oxygen atoms in total. The van der Waals surface area contributed by atoms with E-state index in [1.165, 1.54) is 0 Å². The van der Waals surface area contributed by atoms with Crippen molar-refractivity contribution in [2.24, 2.45) is 0 Å². The summed E-state index contributed by atoms with van der Waals surface area (Å²) in [5, 5.41) is 4.20. The van der Waals surface area contributed by atoms with Gasteiger partial charge < -0.3 is 14.6 Å². The maximum absolute atomic E-state index is 13.2. The minimum atomic E-state index is -0.563. The molecule has 0 spiro atoms. The fourth-order valence-electron chi connectivity index (χ4n) is 5.33. The highest BCUT2D eigenvalue weighted by Crippen LogP contribution is 2.30. The van der Waals surface area contributed by atoms with Crippen LogP contribution in [0.25, 0.3) is 22.0 Å². The third-order valence-electron chi connectivity index (χ3n) is 7.77. The van der Waals surface area contributed by atoms with Crippen molar-refractivity contribution in [2.45, 2.75) is 59.7 Å². The van der Waals surface area contributed by atoms with Gasteiger partial charge in [0.15, 0.2) is 0 Å². The van der Waals surface area contributed by atoms with Gasteiger partial charge in [-0.1, -0.05) is 70.5 Å². The molecule has 6 heteroatoms. The summed E-state index contributed by atoms with van der Waals surface area (Å²) in [4.78, 5) is 26.0. The first-order valence-electron chi connectivity index (χ1n) is 14.5. The lowest BCUT2D eigenvalue weighted by Crippen LogP contribution is -2.26. The van der Waals surface area contributed by atoms with Gasteiger partial charge in [0.1, 0.15) is 5.60 Å². The zero-order valence-electron chi connectivity index (χ0n) is 25.5. The monoisotopic (exact) mass is 636 g/mol. The molecule has 5 aromatic rings. The SMILES string of the molecule is Cc1c(C)n(Cc2ccc(-c3ccccc3C(=O)OC(C)(C)C)cc2)c2ccc(C(=O)NC(C)c3ccc(Br)cc3)cc12. The number of halogens is 1. The highest BCUT2D eigenvalue weighted by molar-refractivity contribution is 9.10. The van der Waals surface area contributed by atoms with Crippen LogP contribution in [0.2, 0.25) is 0 Å². The van der Waals surface area contributed by atoms with Crippen LogP contribution in [0.3, 0.4) is 0 Å². The standard InChI is InChI=1S/C37H37BrN2O3/c1-23-25(3)40(34-20-17-29(21-33(23)34)35(41)39-24(2)27-15-18-30(38)19-16-27)22-26-11-13-28(14-12-26)31-9-7-8-10-32(31)36(42)43-37(4,5)6/h7-21,24H,22H2,1-6H3,(H,39,41). The Morgan fingerprint density at radius 2 is 1.58 bits per heavy atom. The Bertz CT molecular complexity index is 1800. The Labute approximate surface area is 262 Å². The van der Waals surface area contributed by atoms with E-state index < -0.39 is 5.60 Å². The smallest absolute Gasteiger partial charge is 0.339 e. The van der Waals surface area contributed by atoms with Gasteiger partial charge in [-0.3, -0.25) is 4.79 Å². The van der Waals surface area contributed by atoms with Gasteiger partial charge in [-0.05, 0) is 106 Å². The van der Waals surface area contributed by atoms with Crippen LogP contribution >= 0.6 is 15.9 Å². The quantitative estimate of drug-likeness (QED) is 0.181. The van der Waals surface area contributed by atoms with Crippen molar-refractivity contribution in [3.63, 3.8) is 0 Å². The molecular weight excluding hydrogens is 600 g/mol. The van der Waals surface area contributed by atoms with Gasteiger partial charge >= 0.3 is 5.97 Å². The minimum absolute atomic E-state index is 0.0932. The minimum Gasteiger partial charge on any atom is -0.456 e. The van der Waals surface area contributed by atoms with Crippen LogP contribution < -0.4 is 5.32 Å². The molecule has 1 atom stereocenters. The van der Waals surface area contributed by atoms with E-state index in [2.05, 4.69) is 63.9 Å². The van der Waals surface area contributed by atoms with Crippen LogP contribution in [0.4, 0.5) is 0 Å². The molecule has 0 radical (unpaired) electrons. The number of hydrogen-bond acceptors (Lipinski definition) is 3. The summed E-state index contributed by atoms with van der Waals surface area (Å²) in [5.74, 6) is -0.419. The van der Waals surface area contributed by atoms with E-state index in [-0.39, 0.29) is 17.9 Å². The fourth-order valence-corrected chi connectivity index (χ4v) is 5.59. The highest BCUT2D eigenvalue weighted by Gasteiger charge is 2.21. The second kappa shape index (κ2) is 12.2. The van der Waals surface area contributed by atoms with Crippen LogP contribution in [-0.2, 0) is 11.3 Å². The van der Waals surface area contributed by atoms with Crippen molar-refractivity contribution in [2.75, 3.05) is 0 Å². The average molecular weight is 638 g/mol. The van der Waals surface area contributed by atoms with Crippen LogP contribution in [0.1, 0.15) is 76.8 Å². The molecule has 220 valence electrons. The molecule has 0 aliphatic heterocycles. The Kier molecular flexibility index (Phi) is 8.61. The largest absolute Gasteiger partial charge is 0.456 e. The summed E-state index contributed by atoms with van der Waals surface area (Å²) in [7, 11) is 0. The summed E-state index contributed by atoms with van der Waals surface area (Å²) in [6.45, 7) is 12.5. The normalized spacial score (nSPS) is 12.3. The number of hydrogen-bond donors (Lipinski definition) is 1. The molecule has 0 aliphatic carbocycles. The van der Waals surface area contributed by atoms with Gasteiger partial charge in [0.2, 0.25) is 0 Å². The predicted octanol–water partition coefficient (Wildman–Crippen LogP) is 9.18. The van der Waals surface area contributed by atoms with Crippen LogP contribution in [0.15, 0.2) is 95.5 Å². The van der Waals surface area contributed by atoms with Crippen molar-refractivity contribution in [1.82, 2.24) is 9.88 Å².